The number of hydrogen-bond acceptors (Lipinski definition) is 4. The van der Waals surface area contributed by atoms with Gasteiger partial charge in [-0.25, -0.2) is 4.79 Å². The van der Waals surface area contributed by atoms with Gasteiger partial charge >= 0.3 is 5.97 Å². The summed E-state index contributed by atoms with van der Waals surface area (Å²) < 4.78 is 5.41. The summed E-state index contributed by atoms with van der Waals surface area (Å²) in [6.45, 7) is 1.68. The topological polar surface area (TPSA) is 79.2 Å². The number of esters is 1. The highest BCUT2D eigenvalue weighted by atomic mass is 79.9. The van der Waals surface area contributed by atoms with Crippen LogP contribution in [0.5, 0.6) is 0 Å². The van der Waals surface area contributed by atoms with Crippen LogP contribution in [0.25, 0.3) is 0 Å². The predicted molar refractivity (Wildman–Crippen MR) is 76.8 cm³/mol. The third-order valence-electron chi connectivity index (χ3n) is 2.69. The molecule has 0 radical (unpaired) electrons. The molecule has 1 rings (SSSR count). The Balaban J connectivity index is 2.81. The van der Waals surface area contributed by atoms with Gasteiger partial charge in [0.2, 0.25) is 0 Å². The number of methoxy groups -OCH3 is 1. The maximum Gasteiger partial charge on any atom is 0.328 e. The highest BCUT2D eigenvalue weighted by Gasteiger charge is 2.24. The molecule has 5 nitrogen and oxygen atoms in total. The zero-order chi connectivity index (χ0) is 15.1. The van der Waals surface area contributed by atoms with E-state index < -0.39 is 12.0 Å². The Labute approximate surface area is 126 Å². The fraction of sp³-hybridized carbons (Fsp3) is 0.357. The average molecular weight is 339 g/mol. The highest BCUT2D eigenvalue weighted by molar-refractivity contribution is 9.10. The van der Waals surface area contributed by atoms with Crippen LogP contribution in [0.1, 0.15) is 23.7 Å². The van der Waals surface area contributed by atoms with Crippen LogP contribution in [0.4, 0.5) is 0 Å². The van der Waals surface area contributed by atoms with Crippen LogP contribution in [0, 0.1) is 17.2 Å². The predicted octanol–water partition coefficient (Wildman–Crippen LogP) is 2.27. The Bertz CT molecular complexity index is 539. The standard InChI is InChI=1S/C14H15BrN2O3/c1-9(8-16)6-12(14(19)20-2)17-13(18)10-4-3-5-11(15)7-10/h3-5,7,9,12H,6H2,1-2H3,(H,17,18)/t9-,12+/m1/s1. The lowest BCUT2D eigenvalue weighted by Gasteiger charge is -2.17. The van der Waals surface area contributed by atoms with Crippen molar-refractivity contribution in [2.24, 2.45) is 5.92 Å². The summed E-state index contributed by atoms with van der Waals surface area (Å²) in [4.78, 5) is 23.7. The van der Waals surface area contributed by atoms with Gasteiger partial charge in [0.05, 0.1) is 13.2 Å². The van der Waals surface area contributed by atoms with Gasteiger partial charge < -0.3 is 10.1 Å². The molecule has 2 atom stereocenters. The van der Waals surface area contributed by atoms with Gasteiger partial charge in [-0.3, -0.25) is 4.79 Å². The number of nitrogens with one attached hydrogen (secondary N) is 1. The highest BCUT2D eigenvalue weighted by Crippen LogP contribution is 2.13. The number of rotatable bonds is 5. The van der Waals surface area contributed by atoms with Crippen LogP contribution < -0.4 is 5.32 Å². The molecule has 0 aliphatic heterocycles. The first kappa shape index (κ1) is 16.2. The van der Waals surface area contributed by atoms with E-state index >= 15 is 0 Å². The third kappa shape index (κ3) is 4.67. The number of halogens is 1. The first-order valence-corrected chi connectivity index (χ1v) is 6.81. The van der Waals surface area contributed by atoms with E-state index in [9.17, 15) is 9.59 Å². The lowest BCUT2D eigenvalue weighted by atomic mass is 10.0. The van der Waals surface area contributed by atoms with Crippen molar-refractivity contribution in [1.29, 1.82) is 5.26 Å². The number of carbonyl (C=O) groups is 2. The molecule has 0 bridgehead atoms. The smallest absolute Gasteiger partial charge is 0.328 e. The molecule has 0 heterocycles. The molecule has 1 aromatic rings. The number of nitrogens with zero attached hydrogens (tertiary/aromatic N) is 1. The maximum absolute atomic E-state index is 12.1. The van der Waals surface area contributed by atoms with Crippen LogP contribution in [0.3, 0.4) is 0 Å². The molecule has 1 N–H and O–H groups in total. The van der Waals surface area contributed by atoms with Crippen molar-refractivity contribution in [1.82, 2.24) is 5.32 Å². The number of hydrogen-bond donors (Lipinski definition) is 1. The fourth-order valence-electron chi connectivity index (χ4n) is 1.63. The van der Waals surface area contributed by atoms with Gasteiger partial charge in [-0.1, -0.05) is 22.0 Å². The lowest BCUT2D eigenvalue weighted by Crippen LogP contribution is -2.42. The molecule has 1 aromatic carbocycles. The van der Waals surface area contributed by atoms with Gasteiger partial charge in [-0.2, -0.15) is 5.26 Å². The molecule has 0 saturated heterocycles. The van der Waals surface area contributed by atoms with E-state index in [0.29, 0.717) is 5.56 Å². The Morgan fingerprint density at radius 3 is 2.75 bits per heavy atom. The summed E-state index contributed by atoms with van der Waals surface area (Å²) in [5.74, 6) is -1.30. The monoisotopic (exact) mass is 338 g/mol. The molecule has 0 aliphatic carbocycles. The third-order valence-corrected chi connectivity index (χ3v) is 3.18. The van der Waals surface area contributed by atoms with E-state index in [4.69, 9.17) is 5.26 Å². The van der Waals surface area contributed by atoms with E-state index in [1.165, 1.54) is 7.11 Å². The van der Waals surface area contributed by atoms with Crippen molar-refractivity contribution >= 4 is 27.8 Å². The minimum absolute atomic E-state index is 0.211. The zero-order valence-corrected chi connectivity index (χ0v) is 12.8. The number of carbonyl (C=O) groups excluding carboxylic acids is 2. The molecule has 0 aromatic heterocycles. The largest absolute Gasteiger partial charge is 0.467 e. The van der Waals surface area contributed by atoms with Crippen LogP contribution in [0.2, 0.25) is 0 Å². The van der Waals surface area contributed by atoms with Crippen molar-refractivity contribution in [3.63, 3.8) is 0 Å². The average Bonchev–Trinajstić information content (AvgIpc) is 2.45. The van der Waals surface area contributed by atoms with E-state index in [0.717, 1.165) is 4.47 Å². The molecular formula is C14H15BrN2O3. The van der Waals surface area contributed by atoms with E-state index in [1.54, 1.807) is 31.2 Å². The molecule has 20 heavy (non-hydrogen) atoms. The van der Waals surface area contributed by atoms with E-state index in [-0.39, 0.29) is 18.2 Å². The summed E-state index contributed by atoms with van der Waals surface area (Å²) in [5.41, 5.74) is 0.429. The summed E-state index contributed by atoms with van der Waals surface area (Å²) in [6, 6.07) is 8.01. The molecule has 0 unspecified atom stereocenters. The number of ether oxygens (including phenoxy) is 1. The van der Waals surface area contributed by atoms with E-state index in [2.05, 4.69) is 26.0 Å². The van der Waals surface area contributed by atoms with Crippen molar-refractivity contribution in [3.05, 3.63) is 34.3 Å². The minimum Gasteiger partial charge on any atom is -0.467 e. The van der Waals surface area contributed by atoms with Gasteiger partial charge in [-0.05, 0) is 31.5 Å². The summed E-state index contributed by atoms with van der Waals surface area (Å²) in [7, 11) is 1.25. The van der Waals surface area contributed by atoms with E-state index in [1.807, 2.05) is 6.07 Å². The van der Waals surface area contributed by atoms with Crippen molar-refractivity contribution in [2.75, 3.05) is 7.11 Å². The number of amides is 1. The van der Waals surface area contributed by atoms with Crippen molar-refractivity contribution in [3.8, 4) is 6.07 Å². The van der Waals surface area contributed by atoms with Crippen LogP contribution in [-0.4, -0.2) is 25.0 Å². The molecule has 6 heteroatoms. The maximum atomic E-state index is 12.1. The molecule has 0 saturated carbocycles. The Kier molecular flexibility index (Phi) is 6.19. The second-order valence-electron chi connectivity index (χ2n) is 4.33. The van der Waals surface area contributed by atoms with Gasteiger partial charge in [0.25, 0.3) is 5.91 Å². The Morgan fingerprint density at radius 1 is 1.50 bits per heavy atom. The molecule has 0 aliphatic rings. The Hall–Kier alpha value is -1.87. The summed E-state index contributed by atoms with van der Waals surface area (Å²) in [5, 5.41) is 11.4. The van der Waals surface area contributed by atoms with Gasteiger partial charge in [-0.15, -0.1) is 0 Å². The molecule has 0 fully saturated rings. The molecule has 106 valence electrons. The van der Waals surface area contributed by atoms with Gasteiger partial charge in [0, 0.05) is 16.0 Å². The molecular weight excluding hydrogens is 324 g/mol. The lowest BCUT2D eigenvalue weighted by molar-refractivity contribution is -0.143. The van der Waals surface area contributed by atoms with Crippen molar-refractivity contribution < 1.29 is 14.3 Å². The zero-order valence-electron chi connectivity index (χ0n) is 11.2. The second kappa shape index (κ2) is 7.65. The van der Waals surface area contributed by atoms with Gasteiger partial charge in [0.1, 0.15) is 6.04 Å². The SMILES string of the molecule is COC(=O)[C@H](C[C@@H](C)C#N)NC(=O)c1cccc(Br)c1. The van der Waals surface area contributed by atoms with Crippen LogP contribution in [-0.2, 0) is 9.53 Å². The van der Waals surface area contributed by atoms with Crippen LogP contribution >= 0.6 is 15.9 Å². The second-order valence-corrected chi connectivity index (χ2v) is 5.24. The minimum atomic E-state index is -0.832. The quantitative estimate of drug-likeness (QED) is 0.835. The normalized spacial score (nSPS) is 12.9. The number of nitriles is 1. The Morgan fingerprint density at radius 2 is 2.20 bits per heavy atom. The first-order valence-electron chi connectivity index (χ1n) is 6.01. The first-order chi connectivity index (χ1) is 9.47. The van der Waals surface area contributed by atoms with Crippen LogP contribution in [0.15, 0.2) is 28.7 Å². The fourth-order valence-corrected chi connectivity index (χ4v) is 2.03. The van der Waals surface area contributed by atoms with Crippen molar-refractivity contribution in [2.45, 2.75) is 19.4 Å². The number of benzene rings is 1. The summed E-state index contributed by atoms with van der Waals surface area (Å²) >= 11 is 3.28. The molecule has 0 spiro atoms. The summed E-state index contributed by atoms with van der Waals surface area (Å²) in [6.07, 6.45) is 0.211. The molecule has 1 amide bonds. The van der Waals surface area contributed by atoms with Gasteiger partial charge in [0.15, 0.2) is 0 Å².